The Hall–Kier alpha value is -2.55. The van der Waals surface area contributed by atoms with Crippen molar-refractivity contribution in [2.45, 2.75) is 32.2 Å². The van der Waals surface area contributed by atoms with Gasteiger partial charge in [0.05, 0.1) is 31.1 Å². The van der Waals surface area contributed by atoms with Crippen LogP contribution in [0.5, 0.6) is 0 Å². The van der Waals surface area contributed by atoms with E-state index in [0.29, 0.717) is 44.6 Å². The number of aromatic nitrogens is 2. The molecule has 0 aromatic carbocycles. The number of ether oxygens (including phenoxy) is 1. The van der Waals surface area contributed by atoms with Crippen molar-refractivity contribution in [3.63, 3.8) is 0 Å². The Morgan fingerprint density at radius 2 is 1.96 bits per heavy atom. The van der Waals surface area contributed by atoms with E-state index in [4.69, 9.17) is 4.74 Å². The molecule has 9 nitrogen and oxygen atoms in total. The molecule has 152 valence electrons. The third-order valence-corrected chi connectivity index (χ3v) is 5.40. The number of carbonyl (C=O) groups is 3. The van der Waals surface area contributed by atoms with E-state index < -0.39 is 5.54 Å². The van der Waals surface area contributed by atoms with Crippen LogP contribution in [0.4, 0.5) is 4.79 Å². The van der Waals surface area contributed by atoms with Crippen LogP contribution in [0.3, 0.4) is 0 Å². The van der Waals surface area contributed by atoms with Gasteiger partial charge in [0.1, 0.15) is 5.54 Å². The third-order valence-electron chi connectivity index (χ3n) is 5.40. The molecular weight excluding hydrogens is 362 g/mol. The molecule has 2 aliphatic heterocycles. The van der Waals surface area contributed by atoms with Crippen LogP contribution in [0, 0.1) is 5.92 Å². The molecule has 0 bridgehead atoms. The van der Waals surface area contributed by atoms with Crippen molar-refractivity contribution in [3.8, 4) is 0 Å². The Labute approximate surface area is 164 Å². The molecule has 0 unspecified atom stereocenters. The molecule has 1 aromatic heterocycles. The van der Waals surface area contributed by atoms with E-state index >= 15 is 0 Å². The predicted octanol–water partition coefficient (Wildman–Crippen LogP) is 1.02. The highest BCUT2D eigenvalue weighted by atomic mass is 16.5. The molecule has 0 N–H and O–H groups in total. The minimum absolute atomic E-state index is 0.131. The lowest BCUT2D eigenvalue weighted by molar-refractivity contribution is -0.135. The van der Waals surface area contributed by atoms with Crippen LogP contribution >= 0.6 is 0 Å². The molecule has 0 aliphatic carbocycles. The zero-order valence-corrected chi connectivity index (χ0v) is 16.6. The van der Waals surface area contributed by atoms with Gasteiger partial charge in [0.25, 0.3) is 11.8 Å². The summed E-state index contributed by atoms with van der Waals surface area (Å²) >= 11 is 0. The summed E-state index contributed by atoms with van der Waals surface area (Å²) in [7, 11) is 1.55. The maximum Gasteiger partial charge on any atom is 0.327 e. The van der Waals surface area contributed by atoms with Crippen LogP contribution in [0.1, 0.15) is 37.0 Å². The van der Waals surface area contributed by atoms with Gasteiger partial charge in [-0.25, -0.2) is 4.79 Å². The van der Waals surface area contributed by atoms with Crippen LogP contribution in [0.15, 0.2) is 18.5 Å². The number of hydrogen-bond acceptors (Lipinski definition) is 6. The molecule has 0 saturated carbocycles. The summed E-state index contributed by atoms with van der Waals surface area (Å²) < 4.78 is 5.06. The highest BCUT2D eigenvalue weighted by Crippen LogP contribution is 2.38. The fraction of sp³-hybridized carbons (Fsp3) is 0.632. The Balaban J connectivity index is 1.78. The van der Waals surface area contributed by atoms with Crippen LogP contribution < -0.4 is 0 Å². The van der Waals surface area contributed by atoms with Gasteiger partial charge in [0, 0.05) is 26.7 Å². The van der Waals surface area contributed by atoms with Crippen molar-refractivity contribution in [2.24, 2.45) is 5.92 Å². The molecule has 2 aliphatic rings. The van der Waals surface area contributed by atoms with E-state index in [0.717, 1.165) is 0 Å². The number of amides is 4. The Bertz CT molecular complexity index is 731. The average Bonchev–Trinajstić information content (AvgIpc) is 2.88. The molecule has 2 saturated heterocycles. The van der Waals surface area contributed by atoms with Crippen molar-refractivity contribution < 1.29 is 19.1 Å². The summed E-state index contributed by atoms with van der Waals surface area (Å²) in [6.45, 7) is 5.94. The molecule has 9 heteroatoms. The van der Waals surface area contributed by atoms with Crippen molar-refractivity contribution >= 4 is 17.8 Å². The minimum Gasteiger partial charge on any atom is -0.383 e. The molecular formula is C19H27N5O4. The summed E-state index contributed by atoms with van der Waals surface area (Å²) in [5, 5.41) is 7.45. The number of likely N-dealkylation sites (tertiary alicyclic amines) is 1. The van der Waals surface area contributed by atoms with Crippen LogP contribution in [0.2, 0.25) is 0 Å². The molecule has 3 heterocycles. The molecule has 0 atom stereocenters. The number of hydrogen-bond donors (Lipinski definition) is 0. The van der Waals surface area contributed by atoms with Gasteiger partial charge in [-0.05, 0) is 24.8 Å². The van der Waals surface area contributed by atoms with Crippen LogP contribution in [-0.2, 0) is 9.53 Å². The number of rotatable bonds is 6. The fourth-order valence-corrected chi connectivity index (χ4v) is 3.94. The van der Waals surface area contributed by atoms with Crippen molar-refractivity contribution in [2.75, 3.05) is 39.9 Å². The van der Waals surface area contributed by atoms with E-state index in [1.807, 2.05) is 13.8 Å². The molecule has 0 radical (unpaired) electrons. The quantitative estimate of drug-likeness (QED) is 0.674. The first-order valence-corrected chi connectivity index (χ1v) is 9.59. The second-order valence-corrected chi connectivity index (χ2v) is 7.69. The zero-order valence-electron chi connectivity index (χ0n) is 16.6. The SMILES string of the molecule is COCCN1C(=O)N(CC(C)C)C2(CCN(C(=O)c3ccnnc3)CC2)C1=O. The Kier molecular flexibility index (Phi) is 5.93. The summed E-state index contributed by atoms with van der Waals surface area (Å²) in [6, 6.07) is 1.37. The third kappa shape index (κ3) is 3.58. The smallest absolute Gasteiger partial charge is 0.327 e. The van der Waals surface area contributed by atoms with Crippen LogP contribution in [-0.4, -0.2) is 88.2 Å². The number of methoxy groups -OCH3 is 1. The topological polar surface area (TPSA) is 95.9 Å². The summed E-state index contributed by atoms with van der Waals surface area (Å²) in [5.74, 6) is -0.0698. The lowest BCUT2D eigenvalue weighted by atomic mass is 9.85. The van der Waals surface area contributed by atoms with Gasteiger partial charge in [0.15, 0.2) is 0 Å². The van der Waals surface area contributed by atoms with E-state index in [1.54, 1.807) is 23.0 Å². The second-order valence-electron chi connectivity index (χ2n) is 7.69. The average molecular weight is 389 g/mol. The first kappa shape index (κ1) is 20.2. The maximum atomic E-state index is 13.2. The van der Waals surface area contributed by atoms with E-state index in [2.05, 4.69) is 10.2 Å². The first-order valence-electron chi connectivity index (χ1n) is 9.59. The van der Waals surface area contributed by atoms with Crippen molar-refractivity contribution in [1.29, 1.82) is 0 Å². The summed E-state index contributed by atoms with van der Waals surface area (Å²) in [5.41, 5.74) is -0.400. The number of piperidine rings is 1. The predicted molar refractivity (Wildman–Crippen MR) is 100 cm³/mol. The van der Waals surface area contributed by atoms with Gasteiger partial charge < -0.3 is 14.5 Å². The van der Waals surface area contributed by atoms with E-state index in [1.165, 1.54) is 17.3 Å². The molecule has 1 aromatic rings. The van der Waals surface area contributed by atoms with Gasteiger partial charge >= 0.3 is 6.03 Å². The largest absolute Gasteiger partial charge is 0.383 e. The number of carbonyl (C=O) groups excluding carboxylic acids is 3. The highest BCUT2D eigenvalue weighted by Gasteiger charge is 2.58. The normalized spacial score (nSPS) is 19.2. The van der Waals surface area contributed by atoms with E-state index in [-0.39, 0.29) is 30.3 Å². The summed E-state index contributed by atoms with van der Waals surface area (Å²) in [6.07, 6.45) is 3.78. The fourth-order valence-electron chi connectivity index (χ4n) is 3.94. The number of imide groups is 1. The van der Waals surface area contributed by atoms with Gasteiger partial charge in [-0.2, -0.15) is 10.2 Å². The van der Waals surface area contributed by atoms with Gasteiger partial charge in [-0.1, -0.05) is 13.8 Å². The minimum atomic E-state index is -0.873. The molecule has 3 rings (SSSR count). The Morgan fingerprint density at radius 3 is 2.54 bits per heavy atom. The maximum absolute atomic E-state index is 13.2. The van der Waals surface area contributed by atoms with Crippen molar-refractivity contribution in [3.05, 3.63) is 24.0 Å². The van der Waals surface area contributed by atoms with Gasteiger partial charge in [-0.3, -0.25) is 14.5 Å². The molecule has 28 heavy (non-hydrogen) atoms. The molecule has 4 amide bonds. The number of nitrogens with zero attached hydrogens (tertiary/aromatic N) is 5. The summed E-state index contributed by atoms with van der Waals surface area (Å²) in [4.78, 5) is 43.6. The zero-order chi connectivity index (χ0) is 20.3. The molecule has 1 spiro atoms. The highest BCUT2D eigenvalue weighted by molar-refractivity contribution is 6.07. The number of urea groups is 1. The van der Waals surface area contributed by atoms with Gasteiger partial charge in [0.2, 0.25) is 0 Å². The lowest BCUT2D eigenvalue weighted by Crippen LogP contribution is -2.58. The Morgan fingerprint density at radius 1 is 1.25 bits per heavy atom. The molecule has 2 fully saturated rings. The van der Waals surface area contributed by atoms with E-state index in [9.17, 15) is 14.4 Å². The lowest BCUT2D eigenvalue weighted by Gasteiger charge is -2.42. The monoisotopic (exact) mass is 389 g/mol. The standard InChI is InChI=1S/C19H27N5O4/c1-14(2)13-24-18(27)23(10-11-28-3)17(26)19(24)5-8-22(9-6-19)16(25)15-4-7-20-21-12-15/h4,7,12,14H,5-6,8-11,13H2,1-3H3. The van der Waals surface area contributed by atoms with Crippen LogP contribution in [0.25, 0.3) is 0 Å². The first-order chi connectivity index (χ1) is 13.4. The van der Waals surface area contributed by atoms with Crippen molar-refractivity contribution in [1.82, 2.24) is 24.9 Å². The van der Waals surface area contributed by atoms with Gasteiger partial charge in [-0.15, -0.1) is 0 Å². The second kappa shape index (κ2) is 8.22.